The normalized spacial score (nSPS) is 11.3. The monoisotopic (exact) mass is 271 g/mol. The zero-order valence-electron chi connectivity index (χ0n) is 12.1. The van der Waals surface area contributed by atoms with Crippen molar-refractivity contribution in [3.8, 4) is 0 Å². The molecule has 0 saturated carbocycles. The van der Waals surface area contributed by atoms with E-state index in [2.05, 4.69) is 84.4 Å². The highest BCUT2D eigenvalue weighted by Gasteiger charge is 2.06. The number of benzene rings is 3. The first kappa shape index (κ1) is 12.2. The summed E-state index contributed by atoms with van der Waals surface area (Å²) in [6, 6.07) is 23.8. The average molecular weight is 271 g/mol. The number of hydrogen-bond donors (Lipinski definition) is 0. The molecule has 0 bridgehead atoms. The van der Waals surface area contributed by atoms with Gasteiger partial charge in [0.25, 0.3) is 0 Å². The van der Waals surface area contributed by atoms with Crippen LogP contribution in [0.5, 0.6) is 0 Å². The Balaban J connectivity index is 1.87. The number of hydrogen-bond acceptors (Lipinski definition) is 0. The van der Waals surface area contributed by atoms with Crippen molar-refractivity contribution in [2.24, 2.45) is 0 Å². The molecule has 1 heteroatoms. The second-order valence-electron chi connectivity index (χ2n) is 5.60. The first-order valence-electron chi connectivity index (χ1n) is 7.34. The molecule has 0 atom stereocenters. The van der Waals surface area contributed by atoms with Gasteiger partial charge in [-0.15, -0.1) is 0 Å². The minimum absolute atomic E-state index is 0.912. The molecule has 4 aromatic rings. The molecule has 0 aliphatic rings. The number of para-hydroxylation sites is 1. The highest BCUT2D eigenvalue weighted by molar-refractivity contribution is 5.87. The Labute approximate surface area is 124 Å². The third kappa shape index (κ3) is 2.02. The minimum Gasteiger partial charge on any atom is -0.343 e. The van der Waals surface area contributed by atoms with E-state index < -0.39 is 0 Å². The molecule has 3 aromatic carbocycles. The Kier molecular flexibility index (Phi) is 2.78. The van der Waals surface area contributed by atoms with Gasteiger partial charge >= 0.3 is 0 Å². The molecule has 1 nitrogen and oxygen atoms in total. The molecule has 1 heterocycles. The lowest BCUT2D eigenvalue weighted by atomic mass is 10.0. The second kappa shape index (κ2) is 4.78. The van der Waals surface area contributed by atoms with Crippen LogP contribution in [0.2, 0.25) is 0 Å². The fourth-order valence-corrected chi connectivity index (χ4v) is 3.18. The quantitative estimate of drug-likeness (QED) is 0.475. The Bertz CT molecular complexity index is 926. The standard InChI is InChI=1S/C20H17N/c1-15-13-21(20-12-5-4-10-18(15)20)14-17-9-6-8-16-7-2-3-11-19(16)17/h2-13H,14H2,1H3. The van der Waals surface area contributed by atoms with Crippen LogP contribution in [0.25, 0.3) is 21.7 Å². The number of aromatic nitrogens is 1. The number of nitrogens with zero attached hydrogens (tertiary/aromatic N) is 1. The van der Waals surface area contributed by atoms with Gasteiger partial charge in [0.2, 0.25) is 0 Å². The van der Waals surface area contributed by atoms with Crippen LogP contribution in [-0.4, -0.2) is 4.57 Å². The van der Waals surface area contributed by atoms with Crippen molar-refractivity contribution in [1.29, 1.82) is 0 Å². The van der Waals surface area contributed by atoms with Gasteiger partial charge in [-0.1, -0.05) is 60.7 Å². The van der Waals surface area contributed by atoms with Crippen molar-refractivity contribution in [3.05, 3.63) is 84.1 Å². The van der Waals surface area contributed by atoms with Gasteiger partial charge < -0.3 is 4.57 Å². The average Bonchev–Trinajstić information content (AvgIpc) is 2.85. The molecule has 0 unspecified atom stereocenters. The van der Waals surface area contributed by atoms with Gasteiger partial charge in [0.05, 0.1) is 0 Å². The summed E-state index contributed by atoms with van der Waals surface area (Å²) in [6.07, 6.45) is 2.26. The Hall–Kier alpha value is -2.54. The van der Waals surface area contributed by atoms with E-state index in [9.17, 15) is 0 Å². The van der Waals surface area contributed by atoms with Gasteiger partial charge in [0, 0.05) is 23.6 Å². The van der Waals surface area contributed by atoms with Crippen molar-refractivity contribution < 1.29 is 0 Å². The van der Waals surface area contributed by atoms with Crippen LogP contribution < -0.4 is 0 Å². The van der Waals surface area contributed by atoms with E-state index in [0.717, 1.165) is 6.54 Å². The number of fused-ring (bicyclic) bond motifs is 2. The van der Waals surface area contributed by atoms with E-state index in [4.69, 9.17) is 0 Å². The van der Waals surface area contributed by atoms with Crippen LogP contribution in [0.4, 0.5) is 0 Å². The SMILES string of the molecule is Cc1cn(Cc2cccc3ccccc23)c2ccccc12. The topological polar surface area (TPSA) is 4.93 Å². The summed E-state index contributed by atoms with van der Waals surface area (Å²) in [6.45, 7) is 3.09. The minimum atomic E-state index is 0.912. The first-order chi connectivity index (χ1) is 10.3. The summed E-state index contributed by atoms with van der Waals surface area (Å²) in [5, 5.41) is 4.00. The predicted molar refractivity (Wildman–Crippen MR) is 89.7 cm³/mol. The van der Waals surface area contributed by atoms with Gasteiger partial charge in [0.15, 0.2) is 0 Å². The molecule has 0 spiro atoms. The molecular formula is C20H17N. The maximum Gasteiger partial charge on any atom is 0.0486 e. The van der Waals surface area contributed by atoms with Crippen molar-refractivity contribution in [3.63, 3.8) is 0 Å². The molecule has 0 fully saturated rings. The van der Waals surface area contributed by atoms with Crippen LogP contribution in [0.1, 0.15) is 11.1 Å². The first-order valence-corrected chi connectivity index (χ1v) is 7.34. The van der Waals surface area contributed by atoms with Gasteiger partial charge in [-0.05, 0) is 34.9 Å². The van der Waals surface area contributed by atoms with Crippen molar-refractivity contribution in [2.75, 3.05) is 0 Å². The van der Waals surface area contributed by atoms with E-state index >= 15 is 0 Å². The van der Waals surface area contributed by atoms with Crippen LogP contribution in [-0.2, 0) is 6.54 Å². The van der Waals surface area contributed by atoms with Gasteiger partial charge in [-0.3, -0.25) is 0 Å². The summed E-state index contributed by atoms with van der Waals surface area (Å²) >= 11 is 0. The van der Waals surface area contributed by atoms with Crippen LogP contribution in [0, 0.1) is 6.92 Å². The summed E-state index contributed by atoms with van der Waals surface area (Å²) in [5.41, 5.74) is 4.02. The highest BCUT2D eigenvalue weighted by Crippen LogP contribution is 2.24. The number of aryl methyl sites for hydroxylation is 1. The van der Waals surface area contributed by atoms with E-state index in [0.29, 0.717) is 0 Å². The smallest absolute Gasteiger partial charge is 0.0486 e. The lowest BCUT2D eigenvalue weighted by Gasteiger charge is -2.09. The fourth-order valence-electron chi connectivity index (χ4n) is 3.18. The maximum atomic E-state index is 2.35. The lowest BCUT2D eigenvalue weighted by Crippen LogP contribution is -1.98. The Morgan fingerprint density at radius 1 is 0.762 bits per heavy atom. The molecule has 0 radical (unpaired) electrons. The Morgan fingerprint density at radius 2 is 1.48 bits per heavy atom. The third-order valence-corrected chi connectivity index (χ3v) is 4.21. The van der Waals surface area contributed by atoms with E-state index in [1.807, 2.05) is 0 Å². The van der Waals surface area contributed by atoms with Gasteiger partial charge in [-0.2, -0.15) is 0 Å². The molecule has 0 aliphatic heterocycles. The molecule has 0 N–H and O–H groups in total. The van der Waals surface area contributed by atoms with Gasteiger partial charge in [-0.25, -0.2) is 0 Å². The summed E-state index contributed by atoms with van der Waals surface area (Å²) in [4.78, 5) is 0. The summed E-state index contributed by atoms with van der Waals surface area (Å²) in [7, 11) is 0. The summed E-state index contributed by atoms with van der Waals surface area (Å²) < 4.78 is 2.35. The lowest BCUT2D eigenvalue weighted by molar-refractivity contribution is 0.840. The van der Waals surface area contributed by atoms with Crippen molar-refractivity contribution in [2.45, 2.75) is 13.5 Å². The fraction of sp³-hybridized carbons (Fsp3) is 0.100. The maximum absolute atomic E-state index is 2.35. The van der Waals surface area contributed by atoms with Crippen LogP contribution >= 0.6 is 0 Å². The Morgan fingerprint density at radius 3 is 2.38 bits per heavy atom. The molecule has 21 heavy (non-hydrogen) atoms. The van der Waals surface area contributed by atoms with Crippen LogP contribution in [0.3, 0.4) is 0 Å². The molecule has 102 valence electrons. The van der Waals surface area contributed by atoms with Crippen LogP contribution in [0.15, 0.2) is 72.9 Å². The molecular weight excluding hydrogens is 254 g/mol. The van der Waals surface area contributed by atoms with E-state index in [-0.39, 0.29) is 0 Å². The molecule has 4 rings (SSSR count). The third-order valence-electron chi connectivity index (χ3n) is 4.21. The zero-order valence-corrected chi connectivity index (χ0v) is 12.1. The zero-order chi connectivity index (χ0) is 14.2. The largest absolute Gasteiger partial charge is 0.343 e. The predicted octanol–water partition coefficient (Wildman–Crippen LogP) is 5.15. The molecule has 1 aromatic heterocycles. The van der Waals surface area contributed by atoms with Gasteiger partial charge in [0.1, 0.15) is 0 Å². The van der Waals surface area contributed by atoms with E-state index in [1.165, 1.54) is 32.8 Å². The molecule has 0 aliphatic carbocycles. The second-order valence-corrected chi connectivity index (χ2v) is 5.60. The van der Waals surface area contributed by atoms with Crippen molar-refractivity contribution >= 4 is 21.7 Å². The van der Waals surface area contributed by atoms with Crippen molar-refractivity contribution in [1.82, 2.24) is 4.57 Å². The molecule has 0 amide bonds. The number of rotatable bonds is 2. The molecule has 0 saturated heterocycles. The summed E-state index contributed by atoms with van der Waals surface area (Å²) in [5.74, 6) is 0. The van der Waals surface area contributed by atoms with E-state index in [1.54, 1.807) is 0 Å². The highest BCUT2D eigenvalue weighted by atomic mass is 15.0.